The van der Waals surface area contributed by atoms with E-state index in [4.69, 9.17) is 4.74 Å². The molecule has 228 valence electrons. The minimum Gasteiger partial charge on any atom is -0.463 e. The second-order valence-electron chi connectivity index (χ2n) is 11.0. The van der Waals surface area contributed by atoms with Gasteiger partial charge in [0.25, 0.3) is 0 Å². The van der Waals surface area contributed by atoms with Crippen LogP contribution in [0.15, 0.2) is 60.2 Å². The number of anilines is 1. The van der Waals surface area contributed by atoms with Crippen LogP contribution in [-0.2, 0) is 14.3 Å². The third-order valence-corrected chi connectivity index (χ3v) is 7.62. The van der Waals surface area contributed by atoms with Crippen molar-refractivity contribution < 1.29 is 19.1 Å². The molecule has 0 fully saturated rings. The first kappa shape index (κ1) is 32.9. The van der Waals surface area contributed by atoms with Crippen LogP contribution in [-0.4, -0.2) is 36.0 Å². The summed E-state index contributed by atoms with van der Waals surface area (Å²) >= 11 is 0. The topological polar surface area (TPSA) is 87.7 Å². The third-order valence-electron chi connectivity index (χ3n) is 7.62. The van der Waals surface area contributed by atoms with Crippen molar-refractivity contribution in [3.05, 3.63) is 71.3 Å². The molecule has 42 heavy (non-hydrogen) atoms. The monoisotopic (exact) mass is 575 g/mol. The van der Waals surface area contributed by atoms with Crippen LogP contribution in [0.1, 0.15) is 115 Å². The molecule has 1 unspecified atom stereocenters. The summed E-state index contributed by atoms with van der Waals surface area (Å²) < 4.78 is 5.52. The summed E-state index contributed by atoms with van der Waals surface area (Å²) in [6.45, 7) is 6.77. The Labute approximate surface area is 252 Å². The number of amides is 3. The van der Waals surface area contributed by atoms with E-state index in [1.165, 1.54) is 38.5 Å². The number of nitrogens with zero attached hydrogens (tertiary/aromatic N) is 1. The van der Waals surface area contributed by atoms with E-state index in [0.717, 1.165) is 37.7 Å². The van der Waals surface area contributed by atoms with Crippen molar-refractivity contribution in [1.82, 2.24) is 10.2 Å². The zero-order valence-electron chi connectivity index (χ0n) is 25.8. The number of nitrogens with one attached hydrogen (secondary N) is 2. The summed E-state index contributed by atoms with van der Waals surface area (Å²) in [6.07, 6.45) is 13.0. The van der Waals surface area contributed by atoms with Gasteiger partial charge in [0.2, 0.25) is 5.91 Å². The summed E-state index contributed by atoms with van der Waals surface area (Å²) in [5.74, 6) is -0.498. The number of ether oxygens (including phenoxy) is 1. The number of carbonyl (C=O) groups is 3. The maximum atomic E-state index is 13.5. The maximum Gasteiger partial charge on any atom is 0.338 e. The van der Waals surface area contributed by atoms with Gasteiger partial charge in [-0.25, -0.2) is 9.59 Å². The Morgan fingerprint density at radius 2 is 1.50 bits per heavy atom. The zero-order valence-corrected chi connectivity index (χ0v) is 25.8. The molecule has 1 atom stereocenters. The number of benzene rings is 2. The lowest BCUT2D eigenvalue weighted by Gasteiger charge is -2.37. The van der Waals surface area contributed by atoms with Crippen molar-refractivity contribution in [1.29, 1.82) is 0 Å². The van der Waals surface area contributed by atoms with Crippen LogP contribution in [0.5, 0.6) is 0 Å². The first-order valence-corrected chi connectivity index (χ1v) is 15.9. The predicted molar refractivity (Wildman–Crippen MR) is 170 cm³/mol. The molecule has 3 amide bonds. The second-order valence-corrected chi connectivity index (χ2v) is 11.0. The molecule has 2 N–H and O–H groups in total. The molecule has 7 heteroatoms. The molecule has 2 aromatic rings. The number of urea groups is 1. The summed E-state index contributed by atoms with van der Waals surface area (Å²) in [5.41, 5.74) is 3.08. The van der Waals surface area contributed by atoms with Gasteiger partial charge in [0.1, 0.15) is 0 Å². The normalized spacial score (nSPS) is 15.0. The van der Waals surface area contributed by atoms with Crippen LogP contribution >= 0.6 is 0 Å². The predicted octanol–water partition coefficient (Wildman–Crippen LogP) is 8.39. The lowest BCUT2D eigenvalue weighted by atomic mass is 9.91. The number of hydrogen-bond donors (Lipinski definition) is 2. The number of carbonyl (C=O) groups excluding carboxylic acids is 3. The Hall–Kier alpha value is -3.61. The van der Waals surface area contributed by atoms with E-state index in [0.29, 0.717) is 35.5 Å². The molecule has 2 aromatic carbocycles. The average Bonchev–Trinajstić information content (AvgIpc) is 2.99. The molecule has 1 aliphatic heterocycles. The van der Waals surface area contributed by atoms with Gasteiger partial charge in [0.15, 0.2) is 0 Å². The molecule has 1 heterocycles. The smallest absolute Gasteiger partial charge is 0.338 e. The molecule has 1 aliphatic rings. The summed E-state index contributed by atoms with van der Waals surface area (Å²) in [6, 6.07) is 15.9. The Bertz CT molecular complexity index is 1180. The van der Waals surface area contributed by atoms with Gasteiger partial charge in [-0.05, 0) is 43.0 Å². The standard InChI is InChI=1S/C35H49N3O4/c1-4-7-9-10-11-12-13-14-18-24-30(39)36-29-23-19-22-28(26-29)32-31(34(40)42-6-3)33(27-20-16-15-17-21-27)38(25-8-5-2)35(41)37-32/h15-17,19-23,26,32H,4-14,18,24-25H2,1-3H3,(H,36,39)(H,37,41). The largest absolute Gasteiger partial charge is 0.463 e. The van der Waals surface area contributed by atoms with Crippen molar-refractivity contribution >= 4 is 29.3 Å². The van der Waals surface area contributed by atoms with Gasteiger partial charge in [-0.2, -0.15) is 0 Å². The fourth-order valence-electron chi connectivity index (χ4n) is 5.38. The Balaban J connectivity index is 1.77. The van der Waals surface area contributed by atoms with Gasteiger partial charge >= 0.3 is 12.0 Å². The summed E-state index contributed by atoms with van der Waals surface area (Å²) in [4.78, 5) is 41.3. The van der Waals surface area contributed by atoms with E-state index < -0.39 is 12.0 Å². The molecule has 0 aliphatic carbocycles. The Morgan fingerprint density at radius 3 is 2.17 bits per heavy atom. The van der Waals surface area contributed by atoms with E-state index in [1.807, 2.05) is 54.6 Å². The first-order chi connectivity index (χ1) is 20.5. The van der Waals surface area contributed by atoms with E-state index >= 15 is 0 Å². The highest BCUT2D eigenvalue weighted by molar-refractivity contribution is 6.04. The molecule has 0 bridgehead atoms. The van der Waals surface area contributed by atoms with Gasteiger partial charge < -0.3 is 15.4 Å². The molecule has 0 aromatic heterocycles. The lowest BCUT2D eigenvalue weighted by molar-refractivity contribution is -0.139. The molecule has 0 spiro atoms. The van der Waals surface area contributed by atoms with E-state index in [9.17, 15) is 14.4 Å². The minimum absolute atomic E-state index is 0.0281. The van der Waals surface area contributed by atoms with Gasteiger partial charge in [0.05, 0.1) is 23.9 Å². The lowest BCUT2D eigenvalue weighted by Crippen LogP contribution is -2.48. The molecular formula is C35H49N3O4. The number of rotatable bonds is 18. The Kier molecular flexibility index (Phi) is 14.1. The molecule has 0 radical (unpaired) electrons. The second kappa shape index (κ2) is 18.0. The number of unbranched alkanes of at least 4 members (excludes halogenated alkanes) is 9. The van der Waals surface area contributed by atoms with E-state index in [-0.39, 0.29) is 18.5 Å². The van der Waals surface area contributed by atoms with Crippen LogP contribution in [0.25, 0.3) is 5.70 Å². The molecule has 3 rings (SSSR count). The van der Waals surface area contributed by atoms with E-state index in [1.54, 1.807) is 11.8 Å². The fraction of sp³-hybridized carbons (Fsp3) is 0.514. The molecular weight excluding hydrogens is 526 g/mol. The van der Waals surface area contributed by atoms with Gasteiger partial charge in [-0.3, -0.25) is 9.69 Å². The van der Waals surface area contributed by atoms with E-state index in [2.05, 4.69) is 24.5 Å². The maximum absolute atomic E-state index is 13.5. The van der Waals surface area contributed by atoms with Crippen LogP contribution < -0.4 is 10.6 Å². The molecule has 0 saturated heterocycles. The van der Waals surface area contributed by atoms with Crippen LogP contribution in [0, 0.1) is 0 Å². The van der Waals surface area contributed by atoms with Gasteiger partial charge in [0, 0.05) is 18.7 Å². The van der Waals surface area contributed by atoms with Crippen LogP contribution in [0.3, 0.4) is 0 Å². The zero-order chi connectivity index (χ0) is 30.2. The first-order valence-electron chi connectivity index (χ1n) is 15.9. The van der Waals surface area contributed by atoms with Crippen molar-refractivity contribution in [3.63, 3.8) is 0 Å². The average molecular weight is 576 g/mol. The molecule has 7 nitrogen and oxygen atoms in total. The highest BCUT2D eigenvalue weighted by Crippen LogP contribution is 2.37. The van der Waals surface area contributed by atoms with Gasteiger partial charge in [-0.15, -0.1) is 0 Å². The highest BCUT2D eigenvalue weighted by Gasteiger charge is 2.38. The third kappa shape index (κ3) is 9.74. The van der Waals surface area contributed by atoms with Gasteiger partial charge in [-0.1, -0.05) is 114 Å². The fourth-order valence-corrected chi connectivity index (χ4v) is 5.38. The number of hydrogen-bond acceptors (Lipinski definition) is 4. The van der Waals surface area contributed by atoms with Crippen molar-refractivity contribution in [2.75, 3.05) is 18.5 Å². The SMILES string of the molecule is CCCCCCCCCCCC(=O)Nc1cccc(C2NC(=O)N(CCCC)C(c3ccccc3)=C2C(=O)OCC)c1. The molecule has 0 saturated carbocycles. The quantitative estimate of drug-likeness (QED) is 0.138. The van der Waals surface area contributed by atoms with Crippen molar-refractivity contribution in [3.8, 4) is 0 Å². The number of esters is 1. The Morgan fingerprint density at radius 1 is 0.833 bits per heavy atom. The minimum atomic E-state index is -0.723. The highest BCUT2D eigenvalue weighted by atomic mass is 16.5. The summed E-state index contributed by atoms with van der Waals surface area (Å²) in [7, 11) is 0. The van der Waals surface area contributed by atoms with Crippen molar-refractivity contribution in [2.45, 2.75) is 104 Å². The van der Waals surface area contributed by atoms with Crippen molar-refractivity contribution in [2.24, 2.45) is 0 Å². The summed E-state index contributed by atoms with van der Waals surface area (Å²) in [5, 5.41) is 6.06. The van der Waals surface area contributed by atoms with Crippen LogP contribution in [0.4, 0.5) is 10.5 Å². The van der Waals surface area contributed by atoms with Crippen LogP contribution in [0.2, 0.25) is 0 Å².